The van der Waals surface area contributed by atoms with Crippen molar-refractivity contribution >= 4 is 45.3 Å². The predicted molar refractivity (Wildman–Crippen MR) is 113 cm³/mol. The van der Waals surface area contributed by atoms with Crippen LogP contribution in [0.25, 0.3) is 6.08 Å². The van der Waals surface area contributed by atoms with Gasteiger partial charge in [-0.15, -0.1) is 0 Å². The van der Waals surface area contributed by atoms with Crippen LogP contribution in [0, 0.1) is 0 Å². The zero-order chi connectivity index (χ0) is 20.8. The molecule has 6 nitrogen and oxygen atoms in total. The number of ketones is 1. The van der Waals surface area contributed by atoms with Crippen LogP contribution in [-0.2, 0) is 4.79 Å². The molecular weight excluding hydrogens is 436 g/mol. The second-order valence-electron chi connectivity index (χ2n) is 6.12. The Morgan fingerprint density at radius 3 is 2.17 bits per heavy atom. The number of hydrogen-bond acceptors (Lipinski definition) is 4. The third-order valence-corrected chi connectivity index (χ3v) is 4.51. The molecule has 0 spiro atoms. The van der Waals surface area contributed by atoms with Gasteiger partial charge in [-0.25, -0.2) is 0 Å². The number of amides is 2. The van der Waals surface area contributed by atoms with Crippen molar-refractivity contribution in [3.63, 3.8) is 0 Å². The topological polar surface area (TPSA) is 88.4 Å². The van der Waals surface area contributed by atoms with Crippen molar-refractivity contribution in [1.29, 1.82) is 0 Å². The molecule has 0 atom stereocenters. The number of nitrogens with one attached hydrogen (secondary N) is 2. The summed E-state index contributed by atoms with van der Waals surface area (Å²) in [5.41, 5.74) is 1.45. The van der Waals surface area contributed by atoms with Crippen molar-refractivity contribution in [3.05, 3.63) is 94.0 Å². The zero-order valence-electron chi connectivity index (χ0n) is 15.4. The molecule has 0 saturated carbocycles. The van der Waals surface area contributed by atoms with E-state index >= 15 is 0 Å². The molecule has 2 aromatic carbocycles. The lowest BCUT2D eigenvalue weighted by Gasteiger charge is -2.11. The van der Waals surface area contributed by atoms with Crippen LogP contribution in [0.15, 0.2) is 81.5 Å². The van der Waals surface area contributed by atoms with Crippen molar-refractivity contribution in [1.82, 2.24) is 5.32 Å². The van der Waals surface area contributed by atoms with Gasteiger partial charge in [0, 0.05) is 27.4 Å². The van der Waals surface area contributed by atoms with Crippen LogP contribution < -0.4 is 10.6 Å². The van der Waals surface area contributed by atoms with Crippen LogP contribution in [-0.4, -0.2) is 17.6 Å². The Bertz CT molecular complexity index is 1050. The minimum Gasteiger partial charge on any atom is -0.465 e. The molecule has 7 heteroatoms. The number of rotatable bonds is 6. The number of carbonyl (C=O) groups is 3. The Morgan fingerprint density at radius 2 is 1.59 bits per heavy atom. The summed E-state index contributed by atoms with van der Waals surface area (Å²) in [6.45, 7) is 1.47. The van der Waals surface area contributed by atoms with Crippen LogP contribution in [0.1, 0.15) is 33.4 Å². The summed E-state index contributed by atoms with van der Waals surface area (Å²) < 4.78 is 6.10. The first kappa shape index (κ1) is 20.3. The highest BCUT2D eigenvalue weighted by molar-refractivity contribution is 9.10. The van der Waals surface area contributed by atoms with E-state index < -0.39 is 11.8 Å². The summed E-state index contributed by atoms with van der Waals surface area (Å²) in [4.78, 5) is 36.7. The van der Waals surface area contributed by atoms with E-state index in [1.165, 1.54) is 19.3 Å². The van der Waals surface area contributed by atoms with Gasteiger partial charge >= 0.3 is 0 Å². The van der Waals surface area contributed by atoms with Crippen molar-refractivity contribution in [2.75, 3.05) is 5.32 Å². The fourth-order valence-corrected chi connectivity index (χ4v) is 2.72. The number of halogens is 1. The van der Waals surface area contributed by atoms with Crippen LogP contribution in [0.2, 0.25) is 0 Å². The Labute approximate surface area is 175 Å². The number of furan rings is 1. The van der Waals surface area contributed by atoms with E-state index in [0.29, 0.717) is 22.6 Å². The van der Waals surface area contributed by atoms with Crippen LogP contribution in [0.3, 0.4) is 0 Å². The van der Waals surface area contributed by atoms with Crippen molar-refractivity contribution < 1.29 is 18.8 Å². The predicted octanol–water partition coefficient (Wildman–Crippen LogP) is 4.65. The SMILES string of the molecule is CC(=O)c1ccc(NC(=O)/C(=C\c2ccco2)NC(=O)c2ccc(Br)cc2)cc1. The van der Waals surface area contributed by atoms with Gasteiger partial charge in [0.1, 0.15) is 11.5 Å². The van der Waals surface area contributed by atoms with Gasteiger partial charge in [-0.1, -0.05) is 15.9 Å². The maximum absolute atomic E-state index is 12.8. The lowest BCUT2D eigenvalue weighted by atomic mass is 10.1. The molecule has 0 aliphatic carbocycles. The van der Waals surface area contributed by atoms with E-state index in [2.05, 4.69) is 26.6 Å². The van der Waals surface area contributed by atoms with Gasteiger partial charge in [0.25, 0.3) is 11.8 Å². The molecule has 1 heterocycles. The lowest BCUT2D eigenvalue weighted by Crippen LogP contribution is -2.30. The molecule has 1 aromatic heterocycles. The van der Waals surface area contributed by atoms with Gasteiger partial charge in [0.2, 0.25) is 0 Å². The van der Waals surface area contributed by atoms with Crippen molar-refractivity contribution in [2.24, 2.45) is 0 Å². The molecular formula is C22H17BrN2O4. The third kappa shape index (κ3) is 5.52. The minimum absolute atomic E-state index is 0.0171. The fourth-order valence-electron chi connectivity index (χ4n) is 2.46. The average Bonchev–Trinajstić information content (AvgIpc) is 3.21. The molecule has 0 aliphatic rings. The summed E-state index contributed by atoms with van der Waals surface area (Å²) in [5, 5.41) is 5.33. The maximum atomic E-state index is 12.8. The lowest BCUT2D eigenvalue weighted by molar-refractivity contribution is -0.113. The highest BCUT2D eigenvalue weighted by Gasteiger charge is 2.16. The minimum atomic E-state index is -0.526. The van der Waals surface area contributed by atoms with Gasteiger partial charge in [-0.3, -0.25) is 14.4 Å². The summed E-state index contributed by atoms with van der Waals surface area (Å²) in [6.07, 6.45) is 2.91. The summed E-state index contributed by atoms with van der Waals surface area (Å²) >= 11 is 3.32. The van der Waals surface area contributed by atoms with Crippen LogP contribution in [0.5, 0.6) is 0 Å². The van der Waals surface area contributed by atoms with Gasteiger partial charge in [0.15, 0.2) is 5.78 Å². The molecule has 0 saturated heterocycles. The number of hydrogen-bond donors (Lipinski definition) is 2. The highest BCUT2D eigenvalue weighted by atomic mass is 79.9. The second kappa shape index (κ2) is 9.16. The number of carbonyl (C=O) groups excluding carboxylic acids is 3. The molecule has 146 valence electrons. The van der Waals surface area contributed by atoms with Crippen LogP contribution in [0.4, 0.5) is 5.69 Å². The van der Waals surface area contributed by atoms with E-state index in [9.17, 15) is 14.4 Å². The van der Waals surface area contributed by atoms with Crippen molar-refractivity contribution in [2.45, 2.75) is 6.92 Å². The standard InChI is InChI=1S/C22H17BrN2O4/c1-14(26)15-6-10-18(11-7-15)24-22(28)20(13-19-3-2-12-29-19)25-21(27)16-4-8-17(23)9-5-16/h2-13H,1H3,(H,24,28)(H,25,27)/b20-13+. The molecule has 0 fully saturated rings. The summed E-state index contributed by atoms with van der Waals surface area (Å²) in [7, 11) is 0. The van der Waals surface area contributed by atoms with E-state index in [0.717, 1.165) is 4.47 Å². The Balaban J connectivity index is 1.81. The molecule has 0 aliphatic heterocycles. The van der Waals surface area contributed by atoms with E-state index in [1.54, 1.807) is 60.7 Å². The average molecular weight is 453 g/mol. The first-order valence-electron chi connectivity index (χ1n) is 8.67. The molecule has 3 aromatic rings. The van der Waals surface area contributed by atoms with Crippen molar-refractivity contribution in [3.8, 4) is 0 Å². The first-order valence-corrected chi connectivity index (χ1v) is 9.46. The summed E-state index contributed by atoms with van der Waals surface area (Å²) in [5.74, 6) is -0.610. The normalized spacial score (nSPS) is 11.0. The van der Waals surface area contributed by atoms with Gasteiger partial charge in [-0.2, -0.15) is 0 Å². The van der Waals surface area contributed by atoms with Gasteiger partial charge < -0.3 is 15.1 Å². The molecule has 0 bridgehead atoms. The molecule has 2 N–H and O–H groups in total. The Morgan fingerprint density at radius 1 is 0.931 bits per heavy atom. The third-order valence-electron chi connectivity index (χ3n) is 3.98. The van der Waals surface area contributed by atoms with E-state index in [-0.39, 0.29) is 11.5 Å². The Kier molecular flexibility index (Phi) is 6.41. The highest BCUT2D eigenvalue weighted by Crippen LogP contribution is 2.14. The maximum Gasteiger partial charge on any atom is 0.272 e. The quantitative estimate of drug-likeness (QED) is 0.420. The smallest absolute Gasteiger partial charge is 0.272 e. The largest absolute Gasteiger partial charge is 0.465 e. The molecule has 29 heavy (non-hydrogen) atoms. The van der Waals surface area contributed by atoms with E-state index in [1.807, 2.05) is 0 Å². The number of anilines is 1. The Hall–Kier alpha value is -3.45. The molecule has 0 radical (unpaired) electrons. The summed E-state index contributed by atoms with van der Waals surface area (Å²) in [6, 6.07) is 16.6. The molecule has 3 rings (SSSR count). The molecule has 0 unspecified atom stereocenters. The van der Waals surface area contributed by atoms with Crippen LogP contribution >= 0.6 is 15.9 Å². The fraction of sp³-hybridized carbons (Fsp3) is 0.0455. The van der Waals surface area contributed by atoms with Gasteiger partial charge in [-0.05, 0) is 67.6 Å². The second-order valence-corrected chi connectivity index (χ2v) is 7.04. The van der Waals surface area contributed by atoms with E-state index in [4.69, 9.17) is 4.42 Å². The van der Waals surface area contributed by atoms with Gasteiger partial charge in [0.05, 0.1) is 6.26 Å². The first-order chi connectivity index (χ1) is 13.9. The number of Topliss-reactive ketones (excluding diaryl/α,β-unsaturated/α-hetero) is 1. The molecule has 2 amide bonds. The monoisotopic (exact) mass is 452 g/mol. The zero-order valence-corrected chi connectivity index (χ0v) is 17.0. The number of benzene rings is 2.